The predicted octanol–water partition coefficient (Wildman–Crippen LogP) is 5.39. The highest BCUT2D eigenvalue weighted by Crippen LogP contribution is 2.36. The van der Waals surface area contributed by atoms with Gasteiger partial charge in [-0.1, -0.05) is 49.4 Å². The van der Waals surface area contributed by atoms with Gasteiger partial charge in [0.2, 0.25) is 5.91 Å². The molecular formula is C31H35FN4O2. The number of ether oxygens (including phenoxy) is 1. The average Bonchev–Trinajstić information content (AvgIpc) is 2.92. The van der Waals surface area contributed by atoms with E-state index in [1.807, 2.05) is 49.4 Å². The predicted molar refractivity (Wildman–Crippen MR) is 154 cm³/mol. The van der Waals surface area contributed by atoms with E-state index in [2.05, 4.69) is 5.32 Å². The van der Waals surface area contributed by atoms with Crippen molar-refractivity contribution in [1.82, 2.24) is 10.2 Å². The molecule has 0 aromatic heterocycles. The molecular weight excluding hydrogens is 479 g/mol. The molecule has 0 aliphatic carbocycles. The Morgan fingerprint density at radius 1 is 1.08 bits per heavy atom. The smallest absolute Gasteiger partial charge is 0.245 e. The first kappa shape index (κ1) is 28.3. The molecule has 0 atom stereocenters. The van der Waals surface area contributed by atoms with Crippen molar-refractivity contribution in [3.8, 4) is 5.75 Å². The average molecular weight is 515 g/mol. The summed E-state index contributed by atoms with van der Waals surface area (Å²) >= 11 is 0. The number of carbonyl (C=O) groups excluding carboxylic acids is 1. The molecule has 0 fully saturated rings. The fourth-order valence-corrected chi connectivity index (χ4v) is 4.03. The van der Waals surface area contributed by atoms with Crippen LogP contribution in [0.25, 0.3) is 11.1 Å². The summed E-state index contributed by atoms with van der Waals surface area (Å²) in [6.45, 7) is 3.67. The number of rotatable bonds is 12. The van der Waals surface area contributed by atoms with E-state index >= 15 is 0 Å². The Morgan fingerprint density at radius 2 is 1.79 bits per heavy atom. The van der Waals surface area contributed by atoms with Crippen LogP contribution in [-0.4, -0.2) is 50.8 Å². The number of allylic oxidation sites excluding steroid dienone is 1. The number of amides is 1. The lowest BCUT2D eigenvalue weighted by Gasteiger charge is -2.18. The normalized spacial score (nSPS) is 11.8. The van der Waals surface area contributed by atoms with Crippen LogP contribution in [0.15, 0.2) is 78.9 Å². The van der Waals surface area contributed by atoms with Gasteiger partial charge in [0.1, 0.15) is 18.2 Å². The molecule has 0 radical (unpaired) electrons. The molecule has 1 amide bonds. The third-order valence-corrected chi connectivity index (χ3v) is 6.04. The molecule has 6 nitrogen and oxygen atoms in total. The van der Waals surface area contributed by atoms with Crippen LogP contribution < -0.4 is 15.8 Å². The molecule has 0 unspecified atom stereocenters. The number of nitrogens with one attached hydrogen (secondary N) is 2. The number of hydrogen-bond acceptors (Lipinski definition) is 5. The van der Waals surface area contributed by atoms with Crippen LogP contribution in [0.5, 0.6) is 5.75 Å². The fraction of sp³-hybridized carbons (Fsp3) is 0.226. The van der Waals surface area contributed by atoms with E-state index in [-0.39, 0.29) is 11.7 Å². The highest BCUT2D eigenvalue weighted by molar-refractivity contribution is 6.00. The minimum Gasteiger partial charge on any atom is -0.492 e. The first-order valence-electron chi connectivity index (χ1n) is 12.6. The van der Waals surface area contributed by atoms with Gasteiger partial charge in [-0.15, -0.1) is 0 Å². The Balaban J connectivity index is 1.82. The van der Waals surface area contributed by atoms with Gasteiger partial charge in [-0.2, -0.15) is 0 Å². The molecule has 38 heavy (non-hydrogen) atoms. The summed E-state index contributed by atoms with van der Waals surface area (Å²) in [7, 11) is 3.42. The van der Waals surface area contributed by atoms with E-state index in [4.69, 9.17) is 15.9 Å². The van der Waals surface area contributed by atoms with E-state index in [0.717, 1.165) is 28.0 Å². The number of halogens is 1. The Labute approximate surface area is 224 Å². The minimum absolute atomic E-state index is 0.0502. The monoisotopic (exact) mass is 514 g/mol. The second-order valence-electron chi connectivity index (χ2n) is 8.89. The van der Waals surface area contributed by atoms with Gasteiger partial charge in [0.05, 0.1) is 0 Å². The molecule has 0 aliphatic rings. The zero-order valence-electron chi connectivity index (χ0n) is 22.1. The first-order chi connectivity index (χ1) is 18.3. The third kappa shape index (κ3) is 7.40. The lowest BCUT2D eigenvalue weighted by molar-refractivity contribution is -0.123. The van der Waals surface area contributed by atoms with Crippen LogP contribution in [0.3, 0.4) is 0 Å². The molecule has 7 heteroatoms. The van der Waals surface area contributed by atoms with Gasteiger partial charge in [0.25, 0.3) is 0 Å². The second-order valence-corrected chi connectivity index (χ2v) is 8.89. The standard InChI is InChI=1S/C31H35FN4O2/c1-4-26(27-8-5-6-9-28(27)32)31(23-13-16-29(34)24(20-23)21-33)22-11-14-25(15-12-22)38-19-18-35-17-7-10-30(37)36(2)3/h5-16,20-21,33,35H,4,17-19,34H2,1-3H3/b10-7+,31-26+,33-21?. The third-order valence-electron chi connectivity index (χ3n) is 6.04. The highest BCUT2D eigenvalue weighted by Gasteiger charge is 2.16. The number of benzene rings is 3. The van der Waals surface area contributed by atoms with Crippen LogP contribution in [0.2, 0.25) is 0 Å². The fourth-order valence-electron chi connectivity index (χ4n) is 4.03. The summed E-state index contributed by atoms with van der Waals surface area (Å²) in [5.41, 5.74) is 11.2. The highest BCUT2D eigenvalue weighted by atomic mass is 19.1. The molecule has 198 valence electrons. The molecule has 0 aliphatic heterocycles. The molecule has 0 heterocycles. The molecule has 0 saturated carbocycles. The summed E-state index contributed by atoms with van der Waals surface area (Å²) in [4.78, 5) is 13.1. The second kappa shape index (κ2) is 13.9. The van der Waals surface area contributed by atoms with Crippen molar-refractivity contribution in [2.75, 3.05) is 39.5 Å². The lowest BCUT2D eigenvalue weighted by Crippen LogP contribution is -2.22. The molecule has 4 N–H and O–H groups in total. The Morgan fingerprint density at radius 3 is 2.45 bits per heavy atom. The number of nitrogens with two attached hydrogens (primary N) is 1. The van der Waals surface area contributed by atoms with Gasteiger partial charge in [-0.25, -0.2) is 4.39 Å². The summed E-state index contributed by atoms with van der Waals surface area (Å²) < 4.78 is 20.7. The number of nitrogen functional groups attached to an aromatic ring is 1. The molecule has 3 aromatic rings. The number of nitrogens with zero attached hydrogens (tertiary/aromatic N) is 1. The van der Waals surface area contributed by atoms with E-state index in [9.17, 15) is 9.18 Å². The van der Waals surface area contributed by atoms with Gasteiger partial charge < -0.3 is 26.1 Å². The van der Waals surface area contributed by atoms with Gasteiger partial charge in [-0.05, 0) is 59.0 Å². The van der Waals surface area contributed by atoms with Gasteiger partial charge in [0, 0.05) is 56.3 Å². The van der Waals surface area contributed by atoms with Gasteiger partial charge >= 0.3 is 0 Å². The van der Waals surface area contributed by atoms with Gasteiger partial charge in [0.15, 0.2) is 0 Å². The SMILES string of the molecule is CC/C(=C(/c1ccc(OCCNC/C=C/C(=O)N(C)C)cc1)c1ccc(N)c(C=N)c1)c1ccccc1F. The van der Waals surface area contributed by atoms with E-state index in [0.29, 0.717) is 42.9 Å². The van der Waals surface area contributed by atoms with Crippen LogP contribution in [0, 0.1) is 11.2 Å². The Hall–Kier alpha value is -4.23. The lowest BCUT2D eigenvalue weighted by atomic mass is 9.87. The van der Waals surface area contributed by atoms with Crippen LogP contribution >= 0.6 is 0 Å². The molecule has 0 saturated heterocycles. The Kier molecular flexibility index (Phi) is 10.4. The Bertz CT molecular complexity index is 1310. The molecule has 3 aromatic carbocycles. The molecule has 0 spiro atoms. The van der Waals surface area contributed by atoms with Crippen LogP contribution in [0.4, 0.5) is 10.1 Å². The van der Waals surface area contributed by atoms with Crippen molar-refractivity contribution in [2.45, 2.75) is 13.3 Å². The molecule has 3 rings (SSSR count). The van der Waals surface area contributed by atoms with E-state index in [1.165, 1.54) is 23.3 Å². The van der Waals surface area contributed by atoms with Crippen molar-refractivity contribution in [2.24, 2.45) is 0 Å². The van der Waals surface area contributed by atoms with Crippen LogP contribution in [0.1, 0.15) is 35.6 Å². The summed E-state index contributed by atoms with van der Waals surface area (Å²) in [5, 5.41) is 10.9. The first-order valence-corrected chi connectivity index (χ1v) is 12.6. The maximum atomic E-state index is 14.9. The number of hydrogen-bond donors (Lipinski definition) is 3. The topological polar surface area (TPSA) is 91.4 Å². The van der Waals surface area contributed by atoms with Crippen molar-refractivity contribution in [1.29, 1.82) is 5.41 Å². The van der Waals surface area contributed by atoms with Crippen LogP contribution in [-0.2, 0) is 4.79 Å². The van der Waals surface area contributed by atoms with Crippen molar-refractivity contribution in [3.05, 3.63) is 107 Å². The zero-order chi connectivity index (χ0) is 27.5. The summed E-state index contributed by atoms with van der Waals surface area (Å²) in [6.07, 6.45) is 5.16. The number of carbonyl (C=O) groups is 1. The number of likely N-dealkylation sites (N-methyl/N-ethyl adjacent to an activating group) is 1. The largest absolute Gasteiger partial charge is 0.492 e. The summed E-state index contributed by atoms with van der Waals surface area (Å²) in [6, 6.07) is 20.0. The van der Waals surface area contributed by atoms with Crippen molar-refractivity contribution >= 4 is 29.0 Å². The van der Waals surface area contributed by atoms with E-state index in [1.54, 1.807) is 38.4 Å². The maximum absolute atomic E-state index is 14.9. The number of anilines is 1. The molecule has 0 bridgehead atoms. The minimum atomic E-state index is -0.280. The zero-order valence-corrected chi connectivity index (χ0v) is 22.1. The quantitative estimate of drug-likeness (QED) is 0.0994. The van der Waals surface area contributed by atoms with E-state index < -0.39 is 0 Å². The van der Waals surface area contributed by atoms with Gasteiger partial charge in [-0.3, -0.25) is 4.79 Å². The maximum Gasteiger partial charge on any atom is 0.245 e. The van der Waals surface area contributed by atoms with Crippen molar-refractivity contribution < 1.29 is 13.9 Å². The summed E-state index contributed by atoms with van der Waals surface area (Å²) in [5.74, 6) is 0.387. The van der Waals surface area contributed by atoms with Crippen molar-refractivity contribution in [3.63, 3.8) is 0 Å².